The van der Waals surface area contributed by atoms with Gasteiger partial charge >= 0.3 is 0 Å². The molecule has 1 fully saturated rings. The van der Waals surface area contributed by atoms with Gasteiger partial charge in [0.05, 0.1) is 36.0 Å². The van der Waals surface area contributed by atoms with Gasteiger partial charge in [0.1, 0.15) is 12.0 Å². The van der Waals surface area contributed by atoms with E-state index in [1.807, 2.05) is 34.6 Å². The second-order valence-corrected chi connectivity index (χ2v) is 6.72. The summed E-state index contributed by atoms with van der Waals surface area (Å²) in [6, 6.07) is 5.45. The summed E-state index contributed by atoms with van der Waals surface area (Å²) in [5.74, 6) is 0.718. The van der Waals surface area contributed by atoms with Crippen LogP contribution in [0.1, 0.15) is 17.8 Å². The van der Waals surface area contributed by atoms with Gasteiger partial charge in [-0.15, -0.1) is 0 Å². The van der Waals surface area contributed by atoms with Gasteiger partial charge in [-0.05, 0) is 31.0 Å². The van der Waals surface area contributed by atoms with Crippen LogP contribution in [0.5, 0.6) is 0 Å². The first kappa shape index (κ1) is 16.8. The Hall–Kier alpha value is -2.61. The molecule has 26 heavy (non-hydrogen) atoms. The Balaban J connectivity index is 1.77. The number of hydrogen-bond donors (Lipinski definition) is 1. The predicted molar refractivity (Wildman–Crippen MR) is 95.3 cm³/mol. The highest BCUT2D eigenvalue weighted by molar-refractivity contribution is 5.79. The molecule has 2 N–H and O–H groups in total. The molecule has 1 saturated heterocycles. The lowest BCUT2D eigenvalue weighted by molar-refractivity contribution is 0.243. The number of anilines is 1. The van der Waals surface area contributed by atoms with Gasteiger partial charge in [-0.1, -0.05) is 6.07 Å². The summed E-state index contributed by atoms with van der Waals surface area (Å²) < 4.78 is 28.9. The van der Waals surface area contributed by atoms with E-state index in [0.717, 1.165) is 29.0 Å². The van der Waals surface area contributed by atoms with Gasteiger partial charge in [-0.25, -0.2) is 23.7 Å². The zero-order valence-electron chi connectivity index (χ0n) is 14.4. The van der Waals surface area contributed by atoms with Crippen LogP contribution in [-0.2, 0) is 6.54 Å². The molecule has 8 heteroatoms. The lowest BCUT2D eigenvalue weighted by atomic mass is 10.1. The predicted octanol–water partition coefficient (Wildman–Crippen LogP) is 2.20. The number of rotatable bonds is 3. The summed E-state index contributed by atoms with van der Waals surface area (Å²) in [4.78, 5) is 14.8. The van der Waals surface area contributed by atoms with Crippen molar-refractivity contribution in [1.82, 2.24) is 19.5 Å². The highest BCUT2D eigenvalue weighted by Gasteiger charge is 2.29. The van der Waals surface area contributed by atoms with E-state index in [1.54, 1.807) is 0 Å². The number of alkyl halides is 1. The summed E-state index contributed by atoms with van der Waals surface area (Å²) in [7, 11) is 0. The van der Waals surface area contributed by atoms with Crippen LogP contribution in [0.4, 0.5) is 14.7 Å². The smallest absolute Gasteiger partial charge is 0.207 e. The third-order valence-electron chi connectivity index (χ3n) is 4.71. The number of nitrogens with zero attached hydrogens (tertiary/aromatic N) is 5. The quantitative estimate of drug-likeness (QED) is 0.777. The average molecular weight is 358 g/mol. The first-order valence-electron chi connectivity index (χ1n) is 8.59. The SMILES string of the molecule is Cc1ccc2nc(N3CC[C@H](F)[C@H](N)C3)n(Cc3ncc(F)cn3)c2c1. The molecule has 2 aromatic heterocycles. The fourth-order valence-electron chi connectivity index (χ4n) is 3.31. The van der Waals surface area contributed by atoms with Crippen molar-refractivity contribution in [2.75, 3.05) is 18.0 Å². The summed E-state index contributed by atoms with van der Waals surface area (Å²) in [6.07, 6.45) is 1.68. The normalized spacial score (nSPS) is 20.7. The largest absolute Gasteiger partial charge is 0.340 e. The summed E-state index contributed by atoms with van der Waals surface area (Å²) in [5, 5.41) is 0. The number of aromatic nitrogens is 4. The standard InChI is InChI=1S/C18H20F2N6/c1-11-2-3-15-16(6-11)26(10-17-22-7-12(19)8-23-17)18(24-15)25-5-4-13(20)14(21)9-25/h2-3,6-8,13-14H,4-5,9-10,21H2,1H3/t13-,14+/m0/s1. The average Bonchev–Trinajstić information content (AvgIpc) is 2.97. The lowest BCUT2D eigenvalue weighted by Gasteiger charge is -2.34. The molecule has 136 valence electrons. The van der Waals surface area contributed by atoms with Crippen LogP contribution in [0.15, 0.2) is 30.6 Å². The van der Waals surface area contributed by atoms with E-state index < -0.39 is 18.0 Å². The molecule has 0 spiro atoms. The molecule has 0 saturated carbocycles. The van der Waals surface area contributed by atoms with Crippen molar-refractivity contribution < 1.29 is 8.78 Å². The third kappa shape index (κ3) is 3.12. The van der Waals surface area contributed by atoms with Crippen LogP contribution < -0.4 is 10.6 Å². The highest BCUT2D eigenvalue weighted by atomic mass is 19.1. The van der Waals surface area contributed by atoms with Crippen molar-refractivity contribution >= 4 is 17.0 Å². The van der Waals surface area contributed by atoms with E-state index in [4.69, 9.17) is 10.7 Å². The van der Waals surface area contributed by atoms with E-state index in [0.29, 0.717) is 37.8 Å². The Kier molecular flexibility index (Phi) is 4.28. The Morgan fingerprint density at radius 1 is 1.27 bits per heavy atom. The van der Waals surface area contributed by atoms with Gasteiger partial charge in [0.25, 0.3) is 0 Å². The lowest BCUT2D eigenvalue weighted by Crippen LogP contribution is -2.50. The Labute approximate surface area is 149 Å². The zero-order chi connectivity index (χ0) is 18.3. The fraction of sp³-hybridized carbons (Fsp3) is 0.389. The molecule has 6 nitrogen and oxygen atoms in total. The van der Waals surface area contributed by atoms with Crippen molar-refractivity contribution in [2.24, 2.45) is 5.73 Å². The first-order chi connectivity index (χ1) is 12.5. The minimum absolute atomic E-state index is 0.348. The first-order valence-corrected chi connectivity index (χ1v) is 8.59. The molecular weight excluding hydrogens is 338 g/mol. The van der Waals surface area contributed by atoms with E-state index >= 15 is 0 Å². The van der Waals surface area contributed by atoms with Crippen LogP contribution in [0.2, 0.25) is 0 Å². The number of hydrogen-bond acceptors (Lipinski definition) is 5. The third-order valence-corrected chi connectivity index (χ3v) is 4.71. The molecular formula is C18H20F2N6. The molecule has 2 atom stereocenters. The number of halogens is 2. The van der Waals surface area contributed by atoms with Crippen LogP contribution in [0, 0.1) is 12.7 Å². The minimum Gasteiger partial charge on any atom is -0.340 e. The molecule has 0 amide bonds. The van der Waals surface area contributed by atoms with Gasteiger partial charge in [0.2, 0.25) is 5.95 Å². The number of piperidine rings is 1. The van der Waals surface area contributed by atoms with E-state index in [9.17, 15) is 8.78 Å². The van der Waals surface area contributed by atoms with Gasteiger partial charge < -0.3 is 15.2 Å². The Morgan fingerprint density at radius 2 is 2.04 bits per heavy atom. The van der Waals surface area contributed by atoms with Crippen LogP contribution in [0.3, 0.4) is 0 Å². The van der Waals surface area contributed by atoms with Gasteiger partial charge in [0.15, 0.2) is 5.82 Å². The molecule has 1 aliphatic heterocycles. The molecule has 0 aliphatic carbocycles. The molecule has 1 aliphatic rings. The molecule has 3 aromatic rings. The Bertz CT molecular complexity index is 923. The fourth-order valence-corrected chi connectivity index (χ4v) is 3.31. The summed E-state index contributed by atoms with van der Waals surface area (Å²) in [5.41, 5.74) is 8.80. The van der Waals surface area contributed by atoms with Crippen LogP contribution >= 0.6 is 0 Å². The number of nitrogens with two attached hydrogens (primary N) is 1. The maximum atomic E-state index is 13.8. The number of aryl methyl sites for hydroxylation is 1. The maximum Gasteiger partial charge on any atom is 0.207 e. The topological polar surface area (TPSA) is 72.9 Å². The molecule has 0 radical (unpaired) electrons. The zero-order valence-corrected chi connectivity index (χ0v) is 14.4. The molecule has 4 rings (SSSR count). The highest BCUT2D eigenvalue weighted by Crippen LogP contribution is 2.27. The minimum atomic E-state index is -0.994. The second-order valence-electron chi connectivity index (χ2n) is 6.72. The second kappa shape index (κ2) is 6.60. The van der Waals surface area contributed by atoms with E-state index in [1.165, 1.54) is 0 Å². The summed E-state index contributed by atoms with van der Waals surface area (Å²) >= 11 is 0. The Morgan fingerprint density at radius 3 is 2.77 bits per heavy atom. The monoisotopic (exact) mass is 358 g/mol. The van der Waals surface area contributed by atoms with Crippen molar-refractivity contribution in [1.29, 1.82) is 0 Å². The van der Waals surface area contributed by atoms with E-state index in [2.05, 4.69) is 9.97 Å². The molecule has 1 aromatic carbocycles. The maximum absolute atomic E-state index is 13.8. The number of fused-ring (bicyclic) bond motifs is 1. The number of benzene rings is 1. The van der Waals surface area contributed by atoms with Crippen molar-refractivity contribution in [3.63, 3.8) is 0 Å². The molecule has 0 unspecified atom stereocenters. The van der Waals surface area contributed by atoms with Gasteiger partial charge in [-0.2, -0.15) is 0 Å². The molecule has 3 heterocycles. The van der Waals surface area contributed by atoms with E-state index in [-0.39, 0.29) is 0 Å². The van der Waals surface area contributed by atoms with Crippen molar-refractivity contribution in [2.45, 2.75) is 32.1 Å². The van der Waals surface area contributed by atoms with Crippen molar-refractivity contribution in [3.05, 3.63) is 47.8 Å². The van der Waals surface area contributed by atoms with Crippen LogP contribution in [-0.4, -0.2) is 44.8 Å². The summed E-state index contributed by atoms with van der Waals surface area (Å²) in [6.45, 7) is 3.30. The molecule has 0 bridgehead atoms. The van der Waals surface area contributed by atoms with Crippen molar-refractivity contribution in [3.8, 4) is 0 Å². The van der Waals surface area contributed by atoms with Crippen LogP contribution in [0.25, 0.3) is 11.0 Å². The number of imidazole rings is 1. The van der Waals surface area contributed by atoms with Gasteiger partial charge in [0, 0.05) is 13.1 Å². The van der Waals surface area contributed by atoms with Gasteiger partial charge in [-0.3, -0.25) is 0 Å².